The topological polar surface area (TPSA) is 66.0 Å². The van der Waals surface area contributed by atoms with Crippen molar-refractivity contribution in [3.63, 3.8) is 0 Å². The number of halogens is 1. The molecule has 6 nitrogen and oxygen atoms in total. The van der Waals surface area contributed by atoms with E-state index >= 15 is 0 Å². The molecule has 0 radical (unpaired) electrons. The van der Waals surface area contributed by atoms with Gasteiger partial charge in [0.05, 0.1) is 7.11 Å². The van der Waals surface area contributed by atoms with Crippen LogP contribution in [-0.2, 0) is 17.6 Å². The van der Waals surface area contributed by atoms with Crippen LogP contribution in [0.5, 0.6) is 5.75 Å². The predicted molar refractivity (Wildman–Crippen MR) is 138 cm³/mol. The predicted octanol–water partition coefficient (Wildman–Crippen LogP) is 3.70. The molecule has 0 atom stereocenters. The molecule has 1 amide bonds. The lowest BCUT2D eigenvalue weighted by Gasteiger charge is -2.17. The van der Waals surface area contributed by atoms with Gasteiger partial charge >= 0.3 is 0 Å². The van der Waals surface area contributed by atoms with Crippen molar-refractivity contribution in [1.29, 1.82) is 0 Å². The molecule has 0 fully saturated rings. The molecule has 31 heavy (non-hydrogen) atoms. The second-order valence-corrected chi connectivity index (χ2v) is 7.51. The molecule has 2 aromatic carbocycles. The fourth-order valence-corrected chi connectivity index (χ4v) is 3.74. The SMILES string of the molecule is CN=C(NCCCC(=O)N1CCc2ccccc21)NCCc1ccc(C)c(OC)c1.I. The third kappa shape index (κ3) is 6.85. The van der Waals surface area contributed by atoms with Gasteiger partial charge in [-0.15, -0.1) is 24.0 Å². The summed E-state index contributed by atoms with van der Waals surface area (Å²) < 4.78 is 5.39. The molecule has 0 unspecified atom stereocenters. The van der Waals surface area contributed by atoms with E-state index in [4.69, 9.17) is 4.74 Å². The Morgan fingerprint density at radius 1 is 1.16 bits per heavy atom. The van der Waals surface area contributed by atoms with Gasteiger partial charge < -0.3 is 20.3 Å². The quantitative estimate of drug-likeness (QED) is 0.234. The number of amides is 1. The molecule has 1 aliphatic heterocycles. The Kier molecular flexibility index (Phi) is 10.1. The average Bonchev–Trinajstić information content (AvgIpc) is 3.20. The summed E-state index contributed by atoms with van der Waals surface area (Å²) in [7, 11) is 3.46. The molecule has 1 aliphatic rings. The van der Waals surface area contributed by atoms with Gasteiger partial charge in [0.2, 0.25) is 5.91 Å². The highest BCUT2D eigenvalue weighted by Crippen LogP contribution is 2.28. The van der Waals surface area contributed by atoms with Crippen LogP contribution in [0.25, 0.3) is 0 Å². The first kappa shape index (κ1) is 25.0. The molecule has 7 heteroatoms. The fraction of sp³-hybridized carbons (Fsp3) is 0.417. The van der Waals surface area contributed by atoms with Gasteiger partial charge in [-0.1, -0.05) is 30.3 Å². The highest BCUT2D eigenvalue weighted by atomic mass is 127. The van der Waals surface area contributed by atoms with Crippen LogP contribution in [0.1, 0.15) is 29.5 Å². The van der Waals surface area contributed by atoms with E-state index in [1.54, 1.807) is 14.2 Å². The molecule has 2 aromatic rings. The Labute approximate surface area is 202 Å². The summed E-state index contributed by atoms with van der Waals surface area (Å²) in [4.78, 5) is 18.7. The number of ether oxygens (including phenoxy) is 1. The van der Waals surface area contributed by atoms with E-state index in [1.807, 2.05) is 30.0 Å². The van der Waals surface area contributed by atoms with Crippen molar-refractivity contribution in [3.05, 3.63) is 59.2 Å². The van der Waals surface area contributed by atoms with E-state index in [1.165, 1.54) is 11.1 Å². The van der Waals surface area contributed by atoms with Crippen LogP contribution in [0.15, 0.2) is 47.5 Å². The summed E-state index contributed by atoms with van der Waals surface area (Å²) in [6.07, 6.45) is 3.13. The third-order valence-corrected chi connectivity index (χ3v) is 5.45. The number of carbonyl (C=O) groups excluding carboxylic acids is 1. The smallest absolute Gasteiger partial charge is 0.227 e. The second kappa shape index (κ2) is 12.5. The molecule has 0 aromatic heterocycles. The van der Waals surface area contributed by atoms with Gasteiger partial charge in [0, 0.05) is 38.8 Å². The van der Waals surface area contributed by atoms with Crippen molar-refractivity contribution in [1.82, 2.24) is 10.6 Å². The van der Waals surface area contributed by atoms with E-state index in [0.29, 0.717) is 13.0 Å². The first-order valence-electron chi connectivity index (χ1n) is 10.6. The Morgan fingerprint density at radius 2 is 1.94 bits per heavy atom. The molecule has 2 N–H and O–H groups in total. The Bertz CT molecular complexity index is 901. The number of rotatable bonds is 8. The number of benzene rings is 2. The second-order valence-electron chi connectivity index (χ2n) is 7.51. The van der Waals surface area contributed by atoms with Crippen LogP contribution in [0.2, 0.25) is 0 Å². The van der Waals surface area contributed by atoms with E-state index < -0.39 is 0 Å². The molecule has 0 bridgehead atoms. The maximum absolute atomic E-state index is 12.6. The minimum Gasteiger partial charge on any atom is -0.496 e. The lowest BCUT2D eigenvalue weighted by molar-refractivity contribution is -0.118. The van der Waals surface area contributed by atoms with Crippen molar-refractivity contribution in [2.24, 2.45) is 4.99 Å². The summed E-state index contributed by atoms with van der Waals surface area (Å²) in [6, 6.07) is 14.4. The largest absolute Gasteiger partial charge is 0.496 e. The Hall–Kier alpha value is -2.29. The zero-order valence-corrected chi connectivity index (χ0v) is 20.9. The molecule has 1 heterocycles. The van der Waals surface area contributed by atoms with Crippen LogP contribution < -0.4 is 20.3 Å². The summed E-state index contributed by atoms with van der Waals surface area (Å²) in [5, 5.41) is 6.62. The summed E-state index contributed by atoms with van der Waals surface area (Å²) in [6.45, 7) is 4.31. The molecule has 3 rings (SSSR count). The molecular formula is C24H33IN4O2. The zero-order valence-electron chi connectivity index (χ0n) is 18.6. The van der Waals surface area contributed by atoms with Gasteiger partial charge in [0.1, 0.15) is 5.75 Å². The number of hydrogen-bond donors (Lipinski definition) is 2. The number of para-hydroxylation sites is 1. The number of nitrogens with one attached hydrogen (secondary N) is 2. The van der Waals surface area contributed by atoms with Crippen LogP contribution in [-0.4, -0.2) is 45.7 Å². The number of carbonyl (C=O) groups is 1. The summed E-state index contributed by atoms with van der Waals surface area (Å²) in [5.41, 5.74) is 4.69. The normalized spacial score (nSPS) is 12.7. The van der Waals surface area contributed by atoms with Crippen molar-refractivity contribution in [3.8, 4) is 5.75 Å². The van der Waals surface area contributed by atoms with Crippen LogP contribution in [0, 0.1) is 6.92 Å². The third-order valence-electron chi connectivity index (χ3n) is 5.45. The Morgan fingerprint density at radius 3 is 2.71 bits per heavy atom. The number of anilines is 1. The number of nitrogens with zero attached hydrogens (tertiary/aromatic N) is 2. The minimum absolute atomic E-state index is 0. The van der Waals surface area contributed by atoms with Crippen LogP contribution in [0.4, 0.5) is 5.69 Å². The molecule has 0 saturated carbocycles. The molecule has 0 aliphatic carbocycles. The first-order valence-corrected chi connectivity index (χ1v) is 10.6. The van der Waals surface area contributed by atoms with Crippen LogP contribution >= 0.6 is 24.0 Å². The van der Waals surface area contributed by atoms with Gasteiger partial charge in [0.25, 0.3) is 0 Å². The molecule has 0 spiro atoms. The van der Waals surface area contributed by atoms with Crippen LogP contribution in [0.3, 0.4) is 0 Å². The van der Waals surface area contributed by atoms with E-state index in [2.05, 4.69) is 39.9 Å². The van der Waals surface area contributed by atoms with Gasteiger partial charge in [0.15, 0.2) is 5.96 Å². The summed E-state index contributed by atoms with van der Waals surface area (Å²) >= 11 is 0. The van der Waals surface area contributed by atoms with Crippen molar-refractivity contribution in [2.45, 2.75) is 32.6 Å². The maximum atomic E-state index is 12.6. The molecular weight excluding hydrogens is 503 g/mol. The fourth-order valence-electron chi connectivity index (χ4n) is 3.74. The first-order chi connectivity index (χ1) is 14.6. The van der Waals surface area contributed by atoms with Gasteiger partial charge in [-0.05, 0) is 55.0 Å². The van der Waals surface area contributed by atoms with Crippen molar-refractivity contribution < 1.29 is 9.53 Å². The van der Waals surface area contributed by atoms with Gasteiger partial charge in [-0.2, -0.15) is 0 Å². The number of methoxy groups -OCH3 is 1. The van der Waals surface area contributed by atoms with E-state index in [0.717, 1.165) is 55.3 Å². The monoisotopic (exact) mass is 536 g/mol. The number of hydrogen-bond acceptors (Lipinski definition) is 3. The van der Waals surface area contributed by atoms with Crippen molar-refractivity contribution >= 4 is 41.5 Å². The van der Waals surface area contributed by atoms with E-state index in [-0.39, 0.29) is 29.9 Å². The van der Waals surface area contributed by atoms with Gasteiger partial charge in [-0.3, -0.25) is 9.79 Å². The van der Waals surface area contributed by atoms with E-state index in [9.17, 15) is 4.79 Å². The zero-order chi connectivity index (χ0) is 21.3. The molecule has 168 valence electrons. The van der Waals surface area contributed by atoms with Crippen molar-refractivity contribution in [2.75, 3.05) is 38.7 Å². The average molecular weight is 536 g/mol. The lowest BCUT2D eigenvalue weighted by Crippen LogP contribution is -2.39. The maximum Gasteiger partial charge on any atom is 0.227 e. The summed E-state index contributed by atoms with van der Waals surface area (Å²) in [5.74, 6) is 1.87. The van der Waals surface area contributed by atoms with Gasteiger partial charge in [-0.25, -0.2) is 0 Å². The minimum atomic E-state index is 0. The number of aliphatic imine (C=N–C) groups is 1. The Balaban J connectivity index is 0.00000341. The highest BCUT2D eigenvalue weighted by Gasteiger charge is 2.23. The number of fused-ring (bicyclic) bond motifs is 1. The number of guanidine groups is 1. The molecule has 0 saturated heterocycles. The standard InChI is InChI=1S/C24H32N4O2.HI/c1-18-10-11-19(17-22(18)30-3)12-15-27-24(25-2)26-14-6-9-23(29)28-16-13-20-7-4-5-8-21(20)28;/h4-5,7-8,10-11,17H,6,9,12-16H2,1-3H3,(H2,25,26,27);1H. The number of aryl methyl sites for hydroxylation is 1. The highest BCUT2D eigenvalue weighted by molar-refractivity contribution is 14.0. The lowest BCUT2D eigenvalue weighted by atomic mass is 10.1.